The van der Waals surface area contributed by atoms with Crippen molar-refractivity contribution in [2.24, 2.45) is 4.99 Å². The van der Waals surface area contributed by atoms with Crippen LogP contribution in [0.5, 0.6) is 0 Å². The largest absolute Gasteiger partial charge is 0.462 e. The third-order valence-electron chi connectivity index (χ3n) is 5.29. The lowest BCUT2D eigenvalue weighted by Crippen LogP contribution is -2.33. The number of benzene rings is 1. The van der Waals surface area contributed by atoms with Gasteiger partial charge < -0.3 is 9.30 Å². The van der Waals surface area contributed by atoms with E-state index in [4.69, 9.17) is 9.72 Å². The van der Waals surface area contributed by atoms with Gasteiger partial charge in [-0.3, -0.25) is 14.0 Å². The summed E-state index contributed by atoms with van der Waals surface area (Å²) in [6.07, 6.45) is 2.39. The molecule has 0 aliphatic carbocycles. The highest BCUT2D eigenvalue weighted by atomic mass is 16.5. The summed E-state index contributed by atoms with van der Waals surface area (Å²) < 4.78 is 8.33. The van der Waals surface area contributed by atoms with Gasteiger partial charge in [-0.1, -0.05) is 43.3 Å². The minimum Gasteiger partial charge on any atom is -0.462 e. The van der Waals surface area contributed by atoms with Gasteiger partial charge >= 0.3 is 5.97 Å². The smallest absolute Gasteiger partial charge is 0.341 e. The zero-order chi connectivity index (χ0) is 23.4. The SMILES string of the molecule is CCOC(=O)c1cc2c(=O)n3ccccc3nc2n(CCc2ccccc2)c1=NC(=O)CC. The lowest BCUT2D eigenvalue weighted by molar-refractivity contribution is -0.117. The molecule has 0 saturated heterocycles. The predicted octanol–water partition coefficient (Wildman–Crippen LogP) is 2.91. The number of amides is 1. The molecule has 3 aromatic heterocycles. The van der Waals surface area contributed by atoms with E-state index < -0.39 is 5.97 Å². The number of carbonyl (C=O) groups excluding carboxylic acids is 2. The molecule has 0 N–H and O–H groups in total. The van der Waals surface area contributed by atoms with Gasteiger partial charge in [0, 0.05) is 19.2 Å². The zero-order valence-electron chi connectivity index (χ0n) is 18.5. The van der Waals surface area contributed by atoms with E-state index in [0.29, 0.717) is 24.3 Å². The van der Waals surface area contributed by atoms with Gasteiger partial charge in [0.1, 0.15) is 16.9 Å². The fourth-order valence-corrected chi connectivity index (χ4v) is 3.65. The van der Waals surface area contributed by atoms with Crippen LogP contribution in [-0.4, -0.2) is 32.4 Å². The van der Waals surface area contributed by atoms with Gasteiger partial charge in [-0.15, -0.1) is 0 Å². The number of carbonyl (C=O) groups is 2. The van der Waals surface area contributed by atoms with E-state index in [1.54, 1.807) is 42.8 Å². The van der Waals surface area contributed by atoms with E-state index in [9.17, 15) is 14.4 Å². The zero-order valence-corrected chi connectivity index (χ0v) is 18.5. The molecule has 0 fully saturated rings. The molecule has 4 aromatic rings. The molecule has 0 radical (unpaired) electrons. The molecule has 0 aliphatic heterocycles. The molecule has 0 unspecified atom stereocenters. The number of pyridine rings is 2. The van der Waals surface area contributed by atoms with Crippen LogP contribution in [0, 0.1) is 0 Å². The van der Waals surface area contributed by atoms with Crippen molar-refractivity contribution < 1.29 is 14.3 Å². The fourth-order valence-electron chi connectivity index (χ4n) is 3.65. The number of rotatable bonds is 6. The molecule has 33 heavy (non-hydrogen) atoms. The molecule has 8 heteroatoms. The second-order valence-electron chi connectivity index (χ2n) is 7.43. The Labute approximate surface area is 189 Å². The monoisotopic (exact) mass is 444 g/mol. The Morgan fingerprint density at radius 2 is 1.82 bits per heavy atom. The summed E-state index contributed by atoms with van der Waals surface area (Å²) in [4.78, 5) is 47.4. The van der Waals surface area contributed by atoms with Gasteiger partial charge in [-0.2, -0.15) is 4.99 Å². The molecular weight excluding hydrogens is 420 g/mol. The van der Waals surface area contributed by atoms with Crippen LogP contribution in [0.3, 0.4) is 0 Å². The quantitative estimate of drug-likeness (QED) is 0.337. The Balaban J connectivity index is 2.08. The van der Waals surface area contributed by atoms with E-state index in [2.05, 4.69) is 4.99 Å². The maximum absolute atomic E-state index is 13.3. The minimum absolute atomic E-state index is 0.0639. The van der Waals surface area contributed by atoms with E-state index in [1.165, 1.54) is 10.5 Å². The molecule has 4 rings (SSSR count). The van der Waals surface area contributed by atoms with Crippen LogP contribution in [0.2, 0.25) is 0 Å². The van der Waals surface area contributed by atoms with Crippen LogP contribution in [0.4, 0.5) is 0 Å². The summed E-state index contributed by atoms with van der Waals surface area (Å²) in [6, 6.07) is 16.5. The standard InChI is InChI=1S/C25H24N4O4/c1-3-21(30)27-23-19(25(32)33-4-2)16-18-22(26-20-12-8-9-14-28(20)24(18)31)29(23)15-13-17-10-6-5-7-11-17/h5-12,14,16H,3-4,13,15H2,1-2H3. The lowest BCUT2D eigenvalue weighted by Gasteiger charge is -2.15. The van der Waals surface area contributed by atoms with Crippen LogP contribution in [0.1, 0.15) is 36.2 Å². The maximum atomic E-state index is 13.3. The second-order valence-corrected chi connectivity index (χ2v) is 7.43. The van der Waals surface area contributed by atoms with E-state index >= 15 is 0 Å². The summed E-state index contributed by atoms with van der Waals surface area (Å²) in [5.74, 6) is -1.03. The molecule has 168 valence electrons. The topological polar surface area (TPSA) is 95.0 Å². The Kier molecular flexibility index (Phi) is 6.44. The summed E-state index contributed by atoms with van der Waals surface area (Å²) in [7, 11) is 0. The molecule has 1 aromatic carbocycles. The summed E-state index contributed by atoms with van der Waals surface area (Å²) >= 11 is 0. The molecule has 8 nitrogen and oxygen atoms in total. The highest BCUT2D eigenvalue weighted by Crippen LogP contribution is 2.13. The Morgan fingerprint density at radius 3 is 2.55 bits per heavy atom. The number of fused-ring (bicyclic) bond motifs is 2. The van der Waals surface area contributed by atoms with Gasteiger partial charge in [0.25, 0.3) is 5.56 Å². The second kappa shape index (κ2) is 9.60. The first-order valence-electron chi connectivity index (χ1n) is 10.9. The van der Waals surface area contributed by atoms with Crippen molar-refractivity contribution in [1.82, 2.24) is 14.0 Å². The average Bonchev–Trinajstić information content (AvgIpc) is 2.84. The third kappa shape index (κ3) is 4.45. The predicted molar refractivity (Wildman–Crippen MR) is 124 cm³/mol. The molecule has 0 bridgehead atoms. The first-order chi connectivity index (χ1) is 16.0. The van der Waals surface area contributed by atoms with Crippen molar-refractivity contribution in [3.63, 3.8) is 0 Å². The Hall–Kier alpha value is -4.07. The van der Waals surface area contributed by atoms with Gasteiger partial charge in [0.05, 0.1) is 12.0 Å². The number of esters is 1. The highest BCUT2D eigenvalue weighted by molar-refractivity contribution is 5.93. The molecule has 0 saturated carbocycles. The lowest BCUT2D eigenvalue weighted by atomic mass is 10.1. The Morgan fingerprint density at radius 1 is 1.06 bits per heavy atom. The maximum Gasteiger partial charge on any atom is 0.341 e. The van der Waals surface area contributed by atoms with Crippen molar-refractivity contribution in [3.05, 3.63) is 87.8 Å². The van der Waals surface area contributed by atoms with Crippen molar-refractivity contribution in [2.75, 3.05) is 6.61 Å². The van der Waals surface area contributed by atoms with Crippen molar-refractivity contribution in [1.29, 1.82) is 0 Å². The van der Waals surface area contributed by atoms with Crippen LogP contribution in [0.25, 0.3) is 16.7 Å². The van der Waals surface area contributed by atoms with Crippen LogP contribution in [-0.2, 0) is 22.5 Å². The van der Waals surface area contributed by atoms with E-state index in [0.717, 1.165) is 5.56 Å². The molecule has 0 spiro atoms. The van der Waals surface area contributed by atoms with E-state index in [1.807, 2.05) is 30.3 Å². The van der Waals surface area contributed by atoms with Crippen molar-refractivity contribution in [2.45, 2.75) is 33.2 Å². The van der Waals surface area contributed by atoms with Crippen LogP contribution < -0.4 is 11.0 Å². The molecule has 0 aliphatic rings. The summed E-state index contributed by atoms with van der Waals surface area (Å²) in [5, 5.41) is 0.248. The average molecular weight is 444 g/mol. The third-order valence-corrected chi connectivity index (χ3v) is 5.29. The molecule has 0 atom stereocenters. The minimum atomic E-state index is -0.645. The van der Waals surface area contributed by atoms with E-state index in [-0.39, 0.29) is 40.9 Å². The van der Waals surface area contributed by atoms with Crippen molar-refractivity contribution in [3.8, 4) is 0 Å². The first kappa shape index (κ1) is 22.1. The normalized spacial score (nSPS) is 11.8. The molecule has 1 amide bonds. The number of ether oxygens (including phenoxy) is 1. The van der Waals surface area contributed by atoms with Crippen molar-refractivity contribution >= 4 is 28.6 Å². The number of nitrogens with zero attached hydrogens (tertiary/aromatic N) is 4. The molecule has 3 heterocycles. The number of hydrogen-bond donors (Lipinski definition) is 0. The first-order valence-corrected chi connectivity index (χ1v) is 10.9. The number of hydrogen-bond acceptors (Lipinski definition) is 5. The molecular formula is C25H24N4O4. The van der Waals surface area contributed by atoms with Gasteiger partial charge in [-0.25, -0.2) is 9.78 Å². The van der Waals surface area contributed by atoms with Gasteiger partial charge in [0.2, 0.25) is 5.91 Å². The highest BCUT2D eigenvalue weighted by Gasteiger charge is 2.19. The summed E-state index contributed by atoms with van der Waals surface area (Å²) in [6.45, 7) is 3.90. The van der Waals surface area contributed by atoms with Crippen LogP contribution >= 0.6 is 0 Å². The van der Waals surface area contributed by atoms with Gasteiger partial charge in [-0.05, 0) is 37.1 Å². The number of aryl methyl sites for hydroxylation is 2. The van der Waals surface area contributed by atoms with Crippen LogP contribution in [0.15, 0.2) is 70.6 Å². The fraction of sp³-hybridized carbons (Fsp3) is 0.240. The van der Waals surface area contributed by atoms with Gasteiger partial charge in [0.15, 0.2) is 5.49 Å². The summed E-state index contributed by atoms with van der Waals surface area (Å²) in [5.41, 5.74) is 1.77. The number of aromatic nitrogens is 3. The Bertz CT molecular complexity index is 1470.